The zero-order valence-corrected chi connectivity index (χ0v) is 23.5. The van der Waals surface area contributed by atoms with Crippen LogP contribution in [-0.4, -0.2) is 63.4 Å². The maximum Gasteiger partial charge on any atom is 0.255 e. The number of rotatable bonds is 9. The molecule has 0 radical (unpaired) electrons. The van der Waals surface area contributed by atoms with Crippen LogP contribution in [0.1, 0.15) is 15.9 Å². The van der Waals surface area contributed by atoms with Crippen molar-refractivity contribution >= 4 is 23.2 Å². The molecule has 3 aromatic carbocycles. The monoisotopic (exact) mass is 559 g/mol. The molecule has 0 unspecified atom stereocenters. The van der Waals surface area contributed by atoms with Crippen molar-refractivity contribution in [2.45, 2.75) is 6.42 Å². The Kier molecular flexibility index (Phi) is 8.30. The summed E-state index contributed by atoms with van der Waals surface area (Å²) in [6.45, 7) is 4.62. The maximum absolute atomic E-state index is 12.5. The van der Waals surface area contributed by atoms with Gasteiger partial charge in [0.15, 0.2) is 0 Å². The summed E-state index contributed by atoms with van der Waals surface area (Å²) in [5.74, 6) is 0.375. The lowest BCUT2D eigenvalue weighted by molar-refractivity contribution is 0.0384. The number of anilines is 3. The smallest absolute Gasteiger partial charge is 0.255 e. The second-order valence-electron chi connectivity index (χ2n) is 10.2. The number of hydrogen-bond acceptors (Lipinski definition) is 7. The van der Waals surface area contributed by atoms with E-state index in [0.29, 0.717) is 11.5 Å². The van der Waals surface area contributed by atoms with Crippen molar-refractivity contribution in [2.75, 3.05) is 43.5 Å². The van der Waals surface area contributed by atoms with E-state index in [4.69, 9.17) is 9.72 Å². The fraction of sp³-hybridized carbons (Fsp3) is 0.212. The number of nitrogens with one attached hydrogen (secondary N) is 2. The third kappa shape index (κ3) is 6.54. The minimum Gasteiger partial charge on any atom is -0.379 e. The molecule has 1 fully saturated rings. The molecule has 0 atom stereocenters. The largest absolute Gasteiger partial charge is 0.379 e. The number of nitrogens with zero attached hydrogens (tertiary/aromatic N) is 5. The van der Waals surface area contributed by atoms with Crippen LogP contribution in [0.25, 0.3) is 22.5 Å². The second kappa shape index (κ2) is 12.8. The van der Waals surface area contributed by atoms with E-state index in [2.05, 4.69) is 43.8 Å². The van der Waals surface area contributed by atoms with Crippen molar-refractivity contribution in [3.63, 3.8) is 0 Å². The van der Waals surface area contributed by atoms with E-state index >= 15 is 0 Å². The molecule has 1 saturated heterocycles. The maximum atomic E-state index is 12.5. The topological polar surface area (TPSA) is 97.2 Å². The number of aryl methyl sites for hydroxylation is 1. The van der Waals surface area contributed by atoms with E-state index in [-0.39, 0.29) is 5.91 Å². The zero-order valence-electron chi connectivity index (χ0n) is 23.5. The second-order valence-corrected chi connectivity index (χ2v) is 10.2. The number of benzene rings is 3. The Labute approximate surface area is 245 Å². The first kappa shape index (κ1) is 27.3. The molecule has 212 valence electrons. The summed E-state index contributed by atoms with van der Waals surface area (Å²) < 4.78 is 7.29. The molecule has 6 rings (SSSR count). The van der Waals surface area contributed by atoms with Crippen LogP contribution in [0, 0.1) is 0 Å². The number of carbonyl (C=O) groups is 1. The molecule has 9 nitrogen and oxygen atoms in total. The van der Waals surface area contributed by atoms with Crippen LogP contribution in [0.15, 0.2) is 97.3 Å². The van der Waals surface area contributed by atoms with Gasteiger partial charge in [-0.1, -0.05) is 42.5 Å². The van der Waals surface area contributed by atoms with Crippen molar-refractivity contribution in [3.8, 4) is 22.5 Å². The summed E-state index contributed by atoms with van der Waals surface area (Å²) in [5, 5.41) is 10.8. The van der Waals surface area contributed by atoms with Gasteiger partial charge in [-0.3, -0.25) is 14.4 Å². The molecular formula is C33H33N7O2. The van der Waals surface area contributed by atoms with Gasteiger partial charge in [-0.05, 0) is 54.4 Å². The number of aromatic nitrogens is 4. The van der Waals surface area contributed by atoms with Crippen molar-refractivity contribution in [1.82, 2.24) is 24.6 Å². The Hall–Kier alpha value is -4.86. The Balaban J connectivity index is 1.16. The summed E-state index contributed by atoms with van der Waals surface area (Å²) in [6.07, 6.45) is 4.55. The minimum atomic E-state index is -0.145. The van der Waals surface area contributed by atoms with Gasteiger partial charge in [-0.25, -0.2) is 9.97 Å². The summed E-state index contributed by atoms with van der Waals surface area (Å²) >= 11 is 0. The molecule has 0 spiro atoms. The van der Waals surface area contributed by atoms with E-state index in [1.54, 1.807) is 18.3 Å². The first-order valence-electron chi connectivity index (χ1n) is 14.1. The van der Waals surface area contributed by atoms with Gasteiger partial charge in [-0.15, -0.1) is 0 Å². The minimum absolute atomic E-state index is 0.145. The van der Waals surface area contributed by atoms with Crippen LogP contribution in [0.5, 0.6) is 0 Å². The molecule has 1 aliphatic rings. The highest BCUT2D eigenvalue weighted by molar-refractivity contribution is 6.04. The average molecular weight is 560 g/mol. The molecule has 5 aromatic rings. The molecule has 2 N–H and O–H groups in total. The average Bonchev–Trinajstić information content (AvgIpc) is 3.43. The fourth-order valence-corrected chi connectivity index (χ4v) is 5.09. The molecular weight excluding hydrogens is 526 g/mol. The lowest BCUT2D eigenvalue weighted by Gasteiger charge is -2.26. The van der Waals surface area contributed by atoms with Crippen molar-refractivity contribution in [1.29, 1.82) is 0 Å². The predicted octanol–water partition coefficient (Wildman–Crippen LogP) is 5.41. The van der Waals surface area contributed by atoms with Crippen molar-refractivity contribution in [2.24, 2.45) is 7.05 Å². The van der Waals surface area contributed by atoms with Gasteiger partial charge in [0, 0.05) is 60.9 Å². The van der Waals surface area contributed by atoms with Gasteiger partial charge >= 0.3 is 0 Å². The van der Waals surface area contributed by atoms with Crippen LogP contribution in [0.4, 0.5) is 17.3 Å². The molecule has 0 bridgehead atoms. The van der Waals surface area contributed by atoms with Gasteiger partial charge in [0.1, 0.15) is 0 Å². The van der Waals surface area contributed by atoms with E-state index < -0.39 is 0 Å². The lowest BCUT2D eigenvalue weighted by atomic mass is 10.0. The third-order valence-electron chi connectivity index (χ3n) is 7.33. The Morgan fingerprint density at radius 2 is 1.74 bits per heavy atom. The highest BCUT2D eigenvalue weighted by atomic mass is 16.5. The molecule has 3 heterocycles. The van der Waals surface area contributed by atoms with E-state index in [1.807, 2.05) is 72.5 Å². The number of morpholine rings is 1. The normalized spacial score (nSPS) is 13.5. The molecule has 9 heteroatoms. The predicted molar refractivity (Wildman–Crippen MR) is 165 cm³/mol. The van der Waals surface area contributed by atoms with Gasteiger partial charge in [0.25, 0.3) is 5.91 Å². The summed E-state index contributed by atoms with van der Waals surface area (Å²) in [7, 11) is 1.91. The Morgan fingerprint density at radius 3 is 2.55 bits per heavy atom. The molecule has 42 heavy (non-hydrogen) atoms. The van der Waals surface area contributed by atoms with Crippen LogP contribution < -0.4 is 10.6 Å². The van der Waals surface area contributed by atoms with Gasteiger partial charge in [0.05, 0.1) is 30.8 Å². The summed E-state index contributed by atoms with van der Waals surface area (Å²) in [4.78, 5) is 24.3. The lowest BCUT2D eigenvalue weighted by Crippen LogP contribution is -2.37. The van der Waals surface area contributed by atoms with Gasteiger partial charge in [0.2, 0.25) is 5.95 Å². The van der Waals surface area contributed by atoms with Gasteiger partial charge < -0.3 is 15.4 Å². The zero-order chi connectivity index (χ0) is 28.7. The van der Waals surface area contributed by atoms with Crippen LogP contribution >= 0.6 is 0 Å². The van der Waals surface area contributed by atoms with E-state index in [9.17, 15) is 4.79 Å². The van der Waals surface area contributed by atoms with Gasteiger partial charge in [-0.2, -0.15) is 5.10 Å². The van der Waals surface area contributed by atoms with Crippen LogP contribution in [-0.2, 0) is 18.2 Å². The standard InChI is InChI=1S/C33H33N7O2/c1-39-31(25-10-12-27(13-11-25)36-32(41)26-7-3-2-4-8-26)29(23-35-39)30-14-16-34-33(38-30)37-28-9-5-6-24(22-28)15-17-40-18-20-42-21-19-40/h2-14,16,22-23H,15,17-21H2,1H3,(H,36,41)(H,34,37,38). The third-order valence-corrected chi connectivity index (χ3v) is 7.33. The SMILES string of the molecule is Cn1ncc(-c2ccnc(Nc3cccc(CCN4CCOCC4)c3)n2)c1-c1ccc(NC(=O)c2ccccc2)cc1. The highest BCUT2D eigenvalue weighted by Crippen LogP contribution is 2.32. The first-order valence-corrected chi connectivity index (χ1v) is 14.1. The van der Waals surface area contributed by atoms with Crippen LogP contribution in [0.2, 0.25) is 0 Å². The van der Waals surface area contributed by atoms with Crippen molar-refractivity contribution < 1.29 is 9.53 Å². The fourth-order valence-electron chi connectivity index (χ4n) is 5.09. The van der Waals surface area contributed by atoms with E-state index in [1.165, 1.54) is 5.56 Å². The Bertz CT molecular complexity index is 1650. The number of amides is 1. The summed E-state index contributed by atoms with van der Waals surface area (Å²) in [5.41, 5.74) is 7.09. The molecule has 2 aromatic heterocycles. The number of hydrogen-bond donors (Lipinski definition) is 2. The molecule has 0 aliphatic carbocycles. The molecule has 1 aliphatic heterocycles. The van der Waals surface area contributed by atoms with Crippen molar-refractivity contribution in [3.05, 3.63) is 108 Å². The van der Waals surface area contributed by atoms with Crippen LogP contribution in [0.3, 0.4) is 0 Å². The Morgan fingerprint density at radius 1 is 0.929 bits per heavy atom. The molecule has 0 saturated carbocycles. The quantitative estimate of drug-likeness (QED) is 0.249. The number of ether oxygens (including phenoxy) is 1. The number of carbonyl (C=O) groups excluding carboxylic acids is 1. The molecule has 1 amide bonds. The summed E-state index contributed by atoms with van der Waals surface area (Å²) in [6, 6.07) is 27.2. The highest BCUT2D eigenvalue weighted by Gasteiger charge is 2.16. The van der Waals surface area contributed by atoms with E-state index in [0.717, 1.165) is 73.2 Å². The first-order chi connectivity index (χ1) is 20.6.